The van der Waals surface area contributed by atoms with Gasteiger partial charge in [0, 0.05) is 23.1 Å². The number of aliphatic hydroxyl groups is 1. The Morgan fingerprint density at radius 3 is 2.18 bits per heavy atom. The van der Waals surface area contributed by atoms with E-state index in [-0.39, 0.29) is 12.0 Å². The first-order valence-corrected chi connectivity index (χ1v) is 10.6. The molecule has 7 heteroatoms. The third kappa shape index (κ3) is 4.15. The smallest absolute Gasteiger partial charge is 0.342 e. The minimum absolute atomic E-state index is 0.162. The fourth-order valence-electron chi connectivity index (χ4n) is 3.97. The van der Waals surface area contributed by atoms with E-state index in [1.54, 1.807) is 48.5 Å². The largest absolute Gasteiger partial charge is 0.497 e. The zero-order valence-electron chi connectivity index (χ0n) is 18.4. The van der Waals surface area contributed by atoms with Crippen LogP contribution in [0.1, 0.15) is 16.7 Å². The molecule has 0 fully saturated rings. The Morgan fingerprint density at radius 1 is 0.909 bits per heavy atom. The van der Waals surface area contributed by atoms with E-state index in [2.05, 4.69) is 0 Å². The first kappa shape index (κ1) is 22.7. The maximum absolute atomic E-state index is 13.3. The Kier molecular flexibility index (Phi) is 6.31. The van der Waals surface area contributed by atoms with Gasteiger partial charge in [0.2, 0.25) is 0 Å². The van der Waals surface area contributed by atoms with Crippen LogP contribution in [0.15, 0.2) is 72.3 Å². The van der Waals surface area contributed by atoms with Crippen LogP contribution in [0.2, 0.25) is 5.02 Å². The molecule has 4 rings (SSSR count). The summed E-state index contributed by atoms with van der Waals surface area (Å²) in [6, 6.07) is 19.2. The molecule has 3 aromatic rings. The quantitative estimate of drug-likeness (QED) is 0.506. The highest BCUT2D eigenvalue weighted by atomic mass is 35.5. The second-order valence-corrected chi connectivity index (χ2v) is 7.86. The van der Waals surface area contributed by atoms with E-state index in [1.807, 2.05) is 18.2 Å². The van der Waals surface area contributed by atoms with Gasteiger partial charge < -0.3 is 24.1 Å². The van der Waals surface area contributed by atoms with Crippen LogP contribution in [0, 0.1) is 0 Å². The fraction of sp³-hybridized carbons (Fsp3) is 0.192. The van der Waals surface area contributed by atoms with Crippen LogP contribution in [0.3, 0.4) is 0 Å². The van der Waals surface area contributed by atoms with Crippen LogP contribution < -0.4 is 14.2 Å². The number of ether oxygens (including phenoxy) is 4. The molecule has 0 aromatic heterocycles. The van der Waals surface area contributed by atoms with Gasteiger partial charge in [-0.05, 0) is 41.5 Å². The van der Waals surface area contributed by atoms with Crippen molar-refractivity contribution in [2.45, 2.75) is 12.2 Å². The van der Waals surface area contributed by atoms with Crippen LogP contribution in [0.25, 0.3) is 5.57 Å². The highest BCUT2D eigenvalue weighted by Gasteiger charge is 2.49. The standard InChI is InChI=1S/C26H23ClO6/c1-30-18-12-17(13-19(15-18)31-2)24-21(14-16-8-4-6-10-22(16)27)26(29,33-25(24)28)20-9-5-7-11-23(20)32-3/h4-13,15,29H,14H2,1-3H3. The fourth-order valence-corrected chi connectivity index (χ4v) is 4.17. The van der Waals surface area contributed by atoms with Crippen molar-refractivity contribution in [1.82, 2.24) is 0 Å². The van der Waals surface area contributed by atoms with E-state index in [1.165, 1.54) is 21.3 Å². The third-order valence-corrected chi connectivity index (χ3v) is 5.96. The van der Waals surface area contributed by atoms with Crippen molar-refractivity contribution < 1.29 is 28.8 Å². The van der Waals surface area contributed by atoms with Crippen LogP contribution in [-0.2, 0) is 21.7 Å². The molecule has 3 aromatic carbocycles. The molecule has 0 bridgehead atoms. The Bertz CT molecular complexity index is 1210. The summed E-state index contributed by atoms with van der Waals surface area (Å²) in [5.41, 5.74) is 2.07. The molecule has 1 atom stereocenters. The van der Waals surface area contributed by atoms with Crippen molar-refractivity contribution >= 4 is 23.1 Å². The van der Waals surface area contributed by atoms with Gasteiger partial charge in [0.1, 0.15) is 17.2 Å². The molecule has 170 valence electrons. The van der Waals surface area contributed by atoms with E-state index in [4.69, 9.17) is 30.5 Å². The Morgan fingerprint density at radius 2 is 1.55 bits per heavy atom. The van der Waals surface area contributed by atoms with Gasteiger partial charge in [-0.3, -0.25) is 0 Å². The van der Waals surface area contributed by atoms with E-state index in [0.29, 0.717) is 39.0 Å². The lowest BCUT2D eigenvalue weighted by atomic mass is 9.87. The molecule has 0 saturated heterocycles. The zero-order chi connectivity index (χ0) is 23.6. The van der Waals surface area contributed by atoms with Gasteiger partial charge in [0.15, 0.2) is 0 Å². The van der Waals surface area contributed by atoms with Crippen molar-refractivity contribution in [3.05, 3.63) is 94.0 Å². The first-order valence-electron chi connectivity index (χ1n) is 10.2. The number of esters is 1. The monoisotopic (exact) mass is 466 g/mol. The van der Waals surface area contributed by atoms with Crippen molar-refractivity contribution in [2.24, 2.45) is 0 Å². The predicted octanol–water partition coefficient (Wildman–Crippen LogP) is 4.76. The highest BCUT2D eigenvalue weighted by molar-refractivity contribution is 6.31. The molecule has 0 saturated carbocycles. The average Bonchev–Trinajstić information content (AvgIpc) is 3.09. The van der Waals surface area contributed by atoms with Gasteiger partial charge >= 0.3 is 5.97 Å². The summed E-state index contributed by atoms with van der Waals surface area (Å²) in [5.74, 6) is -1.37. The molecule has 0 aliphatic carbocycles. The molecule has 1 aliphatic heterocycles. The Hall–Kier alpha value is -3.48. The lowest BCUT2D eigenvalue weighted by Gasteiger charge is -2.27. The Balaban J connectivity index is 1.99. The van der Waals surface area contributed by atoms with Crippen LogP contribution >= 0.6 is 11.6 Å². The van der Waals surface area contributed by atoms with Crippen molar-refractivity contribution in [3.63, 3.8) is 0 Å². The first-order chi connectivity index (χ1) is 15.9. The molecule has 1 N–H and O–H groups in total. The van der Waals surface area contributed by atoms with Crippen molar-refractivity contribution in [3.8, 4) is 17.2 Å². The predicted molar refractivity (Wildman–Crippen MR) is 125 cm³/mol. The van der Waals surface area contributed by atoms with Gasteiger partial charge in [-0.25, -0.2) is 4.79 Å². The molecule has 6 nitrogen and oxygen atoms in total. The average molecular weight is 467 g/mol. The molecular weight excluding hydrogens is 444 g/mol. The molecule has 1 unspecified atom stereocenters. The summed E-state index contributed by atoms with van der Waals surface area (Å²) < 4.78 is 21.9. The Labute approximate surface area is 196 Å². The number of halogens is 1. The molecule has 33 heavy (non-hydrogen) atoms. The normalized spacial score (nSPS) is 17.7. The molecule has 0 amide bonds. The number of carbonyl (C=O) groups is 1. The highest BCUT2D eigenvalue weighted by Crippen LogP contribution is 2.48. The summed E-state index contributed by atoms with van der Waals surface area (Å²) in [6.45, 7) is 0. The van der Waals surface area contributed by atoms with Gasteiger partial charge in [-0.15, -0.1) is 0 Å². The minimum atomic E-state index is -2.06. The minimum Gasteiger partial charge on any atom is -0.497 e. The van der Waals surface area contributed by atoms with Gasteiger partial charge in [0.25, 0.3) is 5.79 Å². The molecular formula is C26H23ClO6. The second-order valence-electron chi connectivity index (χ2n) is 7.46. The van der Waals surface area contributed by atoms with E-state index in [9.17, 15) is 9.90 Å². The molecule has 0 radical (unpaired) electrons. The lowest BCUT2D eigenvalue weighted by Crippen LogP contribution is -2.30. The van der Waals surface area contributed by atoms with Gasteiger partial charge in [-0.1, -0.05) is 41.9 Å². The molecule has 0 spiro atoms. The number of methoxy groups -OCH3 is 3. The summed E-state index contributed by atoms with van der Waals surface area (Å²) in [6.07, 6.45) is 0.162. The molecule has 1 heterocycles. The van der Waals surface area contributed by atoms with Gasteiger partial charge in [-0.2, -0.15) is 0 Å². The van der Waals surface area contributed by atoms with E-state index in [0.717, 1.165) is 5.56 Å². The number of para-hydroxylation sites is 1. The van der Waals surface area contributed by atoms with E-state index >= 15 is 0 Å². The number of carbonyl (C=O) groups excluding carboxylic acids is 1. The lowest BCUT2D eigenvalue weighted by molar-refractivity contribution is -0.185. The van der Waals surface area contributed by atoms with E-state index < -0.39 is 11.8 Å². The van der Waals surface area contributed by atoms with Crippen LogP contribution in [-0.4, -0.2) is 32.4 Å². The maximum atomic E-state index is 13.3. The summed E-state index contributed by atoms with van der Waals surface area (Å²) >= 11 is 6.43. The number of hydrogen-bond donors (Lipinski definition) is 1. The topological polar surface area (TPSA) is 74.2 Å². The van der Waals surface area contributed by atoms with Crippen LogP contribution in [0.5, 0.6) is 17.2 Å². The second kappa shape index (κ2) is 9.17. The maximum Gasteiger partial charge on any atom is 0.342 e. The zero-order valence-corrected chi connectivity index (χ0v) is 19.2. The summed E-state index contributed by atoms with van der Waals surface area (Å²) in [7, 11) is 4.54. The van der Waals surface area contributed by atoms with Crippen molar-refractivity contribution in [1.29, 1.82) is 0 Å². The van der Waals surface area contributed by atoms with Gasteiger partial charge in [0.05, 0.1) is 32.5 Å². The third-order valence-electron chi connectivity index (χ3n) is 5.59. The number of rotatable bonds is 7. The summed E-state index contributed by atoms with van der Waals surface area (Å²) in [5, 5.41) is 12.4. The number of cyclic esters (lactones) is 1. The van der Waals surface area contributed by atoms with Crippen LogP contribution in [0.4, 0.5) is 0 Å². The SMILES string of the molecule is COc1cc(OC)cc(C2=C(Cc3ccccc3Cl)C(O)(c3ccccc3OC)OC2=O)c1. The number of hydrogen-bond acceptors (Lipinski definition) is 6. The van der Waals surface area contributed by atoms with Crippen molar-refractivity contribution in [2.75, 3.05) is 21.3 Å². The molecule has 1 aliphatic rings. The summed E-state index contributed by atoms with van der Waals surface area (Å²) in [4.78, 5) is 13.3. The number of benzene rings is 3.